The van der Waals surface area contributed by atoms with E-state index in [2.05, 4.69) is 63.4 Å². The maximum atomic E-state index is 4.29. The number of aryl methyl sites for hydroxylation is 2. The summed E-state index contributed by atoms with van der Waals surface area (Å²) in [6.45, 7) is 5.18. The van der Waals surface area contributed by atoms with E-state index in [1.807, 2.05) is 6.07 Å². The number of nitrogens with one attached hydrogen (secondary N) is 1. The van der Waals surface area contributed by atoms with E-state index < -0.39 is 0 Å². The Balaban J connectivity index is 1.44. The van der Waals surface area contributed by atoms with Gasteiger partial charge in [0, 0.05) is 25.9 Å². The molecule has 116 valence electrons. The summed E-state index contributed by atoms with van der Waals surface area (Å²) in [6, 6.07) is 10.4. The Kier molecular flexibility index (Phi) is 5.01. The normalized spacial score (nSPS) is 17.8. The highest BCUT2D eigenvalue weighted by Gasteiger charge is 2.21. The van der Waals surface area contributed by atoms with Gasteiger partial charge in [-0.05, 0) is 24.4 Å². The van der Waals surface area contributed by atoms with Gasteiger partial charge >= 0.3 is 0 Å². The van der Waals surface area contributed by atoms with E-state index in [4.69, 9.17) is 0 Å². The largest absolute Gasteiger partial charge is 0.315 e. The summed E-state index contributed by atoms with van der Waals surface area (Å²) in [4.78, 5) is 0. The fourth-order valence-electron chi connectivity index (χ4n) is 3.01. The summed E-state index contributed by atoms with van der Waals surface area (Å²) >= 11 is 0. The van der Waals surface area contributed by atoms with Crippen LogP contribution in [-0.4, -0.2) is 27.9 Å². The zero-order chi connectivity index (χ0) is 15.2. The molecule has 1 aliphatic heterocycles. The van der Waals surface area contributed by atoms with Gasteiger partial charge in [-0.15, -0.1) is 10.2 Å². The average Bonchev–Trinajstić information content (AvgIpc) is 2.98. The molecular formula is C18H24N4. The summed E-state index contributed by atoms with van der Waals surface area (Å²) < 4.78 is 2.32. The van der Waals surface area contributed by atoms with Crippen LogP contribution < -0.4 is 5.32 Å². The van der Waals surface area contributed by atoms with Crippen molar-refractivity contribution in [1.29, 1.82) is 0 Å². The minimum atomic E-state index is 0.680. The fraction of sp³-hybridized carbons (Fsp3) is 0.444. The molecule has 4 heteroatoms. The number of benzene rings is 1. The number of fused-ring (bicyclic) bond motifs is 1. The van der Waals surface area contributed by atoms with Crippen molar-refractivity contribution in [3.8, 4) is 0 Å². The number of hydrogen-bond acceptors (Lipinski definition) is 3. The predicted octanol–water partition coefficient (Wildman–Crippen LogP) is 2.71. The Morgan fingerprint density at radius 3 is 2.95 bits per heavy atom. The van der Waals surface area contributed by atoms with Crippen LogP contribution in [0.2, 0.25) is 0 Å². The molecule has 0 saturated carbocycles. The minimum absolute atomic E-state index is 0.680. The van der Waals surface area contributed by atoms with Crippen LogP contribution in [0, 0.1) is 5.92 Å². The van der Waals surface area contributed by atoms with Crippen LogP contribution in [0.25, 0.3) is 6.08 Å². The van der Waals surface area contributed by atoms with Gasteiger partial charge in [0.2, 0.25) is 0 Å². The minimum Gasteiger partial charge on any atom is -0.315 e. The van der Waals surface area contributed by atoms with Crippen LogP contribution in [0.3, 0.4) is 0 Å². The second-order valence-electron chi connectivity index (χ2n) is 5.87. The molecule has 0 aliphatic carbocycles. The third-order valence-electron chi connectivity index (χ3n) is 4.24. The molecule has 1 aliphatic rings. The fourth-order valence-corrected chi connectivity index (χ4v) is 3.01. The molecule has 4 nitrogen and oxygen atoms in total. The summed E-state index contributed by atoms with van der Waals surface area (Å²) in [7, 11) is 0. The van der Waals surface area contributed by atoms with Crippen molar-refractivity contribution in [2.75, 3.05) is 13.1 Å². The number of nitrogens with zero attached hydrogens (tertiary/aromatic N) is 3. The maximum absolute atomic E-state index is 4.29. The van der Waals surface area contributed by atoms with E-state index in [9.17, 15) is 0 Å². The zero-order valence-corrected chi connectivity index (χ0v) is 13.2. The van der Waals surface area contributed by atoms with Crippen LogP contribution in [0.5, 0.6) is 0 Å². The average molecular weight is 296 g/mol. The first-order valence-corrected chi connectivity index (χ1v) is 8.20. The second-order valence-corrected chi connectivity index (χ2v) is 5.87. The first kappa shape index (κ1) is 15.0. The molecular weight excluding hydrogens is 272 g/mol. The second kappa shape index (κ2) is 7.36. The van der Waals surface area contributed by atoms with Crippen molar-refractivity contribution in [2.45, 2.75) is 32.7 Å². The van der Waals surface area contributed by atoms with Crippen LogP contribution in [0.1, 0.15) is 30.6 Å². The van der Waals surface area contributed by atoms with Crippen molar-refractivity contribution >= 4 is 6.08 Å². The molecule has 0 saturated heterocycles. The summed E-state index contributed by atoms with van der Waals surface area (Å²) in [5, 5.41) is 12.1. The van der Waals surface area contributed by atoms with Gasteiger partial charge in [0.1, 0.15) is 11.6 Å². The SMILES string of the molecule is CCc1nnc2n1C[C@@H](CNC/C=C/c1ccccc1)CC2. The van der Waals surface area contributed by atoms with Crippen LogP contribution in [-0.2, 0) is 19.4 Å². The van der Waals surface area contributed by atoms with Gasteiger partial charge in [-0.1, -0.05) is 49.4 Å². The van der Waals surface area contributed by atoms with Crippen molar-refractivity contribution in [1.82, 2.24) is 20.1 Å². The quantitative estimate of drug-likeness (QED) is 0.834. The Bertz CT molecular complexity index is 602. The monoisotopic (exact) mass is 296 g/mol. The van der Waals surface area contributed by atoms with Gasteiger partial charge in [-0.3, -0.25) is 0 Å². The molecule has 1 aromatic heterocycles. The lowest BCUT2D eigenvalue weighted by Crippen LogP contribution is -2.30. The first-order valence-electron chi connectivity index (χ1n) is 8.20. The van der Waals surface area contributed by atoms with E-state index in [0.29, 0.717) is 5.92 Å². The highest BCUT2D eigenvalue weighted by atomic mass is 15.3. The van der Waals surface area contributed by atoms with Gasteiger partial charge in [0.05, 0.1) is 0 Å². The summed E-state index contributed by atoms with van der Waals surface area (Å²) in [6.07, 6.45) is 7.59. The summed E-state index contributed by atoms with van der Waals surface area (Å²) in [5.41, 5.74) is 1.25. The lowest BCUT2D eigenvalue weighted by molar-refractivity contribution is 0.347. The van der Waals surface area contributed by atoms with E-state index in [-0.39, 0.29) is 0 Å². The Morgan fingerprint density at radius 2 is 2.14 bits per heavy atom. The molecule has 1 aromatic carbocycles. The van der Waals surface area contributed by atoms with E-state index in [1.165, 1.54) is 12.0 Å². The van der Waals surface area contributed by atoms with Crippen LogP contribution >= 0.6 is 0 Å². The standard InChI is InChI=1S/C18H24N4/c1-2-17-20-21-18-11-10-16(14-22(17)18)13-19-12-6-9-15-7-4-3-5-8-15/h3-9,16,19H,2,10-14H2,1H3/b9-6+/t16-/m1/s1. The van der Waals surface area contributed by atoms with Crippen molar-refractivity contribution < 1.29 is 0 Å². The van der Waals surface area contributed by atoms with E-state index in [1.54, 1.807) is 0 Å². The molecule has 0 bridgehead atoms. The van der Waals surface area contributed by atoms with Crippen LogP contribution in [0.15, 0.2) is 36.4 Å². The van der Waals surface area contributed by atoms with E-state index in [0.717, 1.165) is 44.1 Å². The predicted molar refractivity (Wildman–Crippen MR) is 89.6 cm³/mol. The molecule has 2 heterocycles. The molecule has 1 N–H and O–H groups in total. The highest BCUT2D eigenvalue weighted by Crippen LogP contribution is 2.19. The van der Waals surface area contributed by atoms with Crippen LogP contribution in [0.4, 0.5) is 0 Å². The van der Waals surface area contributed by atoms with Gasteiger partial charge in [0.25, 0.3) is 0 Å². The molecule has 0 spiro atoms. The van der Waals surface area contributed by atoms with Crippen molar-refractivity contribution in [3.63, 3.8) is 0 Å². The zero-order valence-electron chi connectivity index (χ0n) is 13.2. The van der Waals surface area contributed by atoms with Gasteiger partial charge in [0.15, 0.2) is 0 Å². The third-order valence-corrected chi connectivity index (χ3v) is 4.24. The highest BCUT2D eigenvalue weighted by molar-refractivity contribution is 5.48. The lowest BCUT2D eigenvalue weighted by atomic mass is 9.99. The molecule has 0 radical (unpaired) electrons. The molecule has 1 atom stereocenters. The Morgan fingerprint density at radius 1 is 1.27 bits per heavy atom. The molecule has 0 fully saturated rings. The topological polar surface area (TPSA) is 42.7 Å². The smallest absolute Gasteiger partial charge is 0.133 e. The molecule has 0 amide bonds. The molecule has 2 aromatic rings. The van der Waals surface area contributed by atoms with Gasteiger partial charge < -0.3 is 9.88 Å². The number of hydrogen-bond donors (Lipinski definition) is 1. The summed E-state index contributed by atoms with van der Waals surface area (Å²) in [5.74, 6) is 2.97. The third kappa shape index (κ3) is 3.63. The van der Waals surface area contributed by atoms with Crippen molar-refractivity contribution in [3.05, 3.63) is 53.6 Å². The molecule has 3 rings (SSSR count). The van der Waals surface area contributed by atoms with Gasteiger partial charge in [-0.2, -0.15) is 0 Å². The molecule has 22 heavy (non-hydrogen) atoms. The Labute approximate surface area is 132 Å². The van der Waals surface area contributed by atoms with Crippen molar-refractivity contribution in [2.24, 2.45) is 5.92 Å². The van der Waals surface area contributed by atoms with Gasteiger partial charge in [-0.25, -0.2) is 0 Å². The maximum Gasteiger partial charge on any atom is 0.133 e. The first-order chi connectivity index (χ1) is 10.9. The number of rotatable bonds is 6. The molecule has 0 unspecified atom stereocenters. The lowest BCUT2D eigenvalue weighted by Gasteiger charge is -2.24. The van der Waals surface area contributed by atoms with E-state index >= 15 is 0 Å². The number of aromatic nitrogens is 3. The Hall–Kier alpha value is -1.94.